The fourth-order valence-electron chi connectivity index (χ4n) is 4.45. The van der Waals surface area contributed by atoms with Crippen LogP contribution in [0.25, 0.3) is 0 Å². The lowest BCUT2D eigenvalue weighted by atomic mass is 9.72. The predicted octanol–water partition coefficient (Wildman–Crippen LogP) is 6.18. The minimum atomic E-state index is 0.159. The molecule has 31 heavy (non-hydrogen) atoms. The van der Waals surface area contributed by atoms with Gasteiger partial charge in [0.25, 0.3) is 5.91 Å². The SMILES string of the molecule is CC(C)(C)C1CCc2c(C(=O)N(CCc3ccccn3)Cc3ccccc3)csc2C1. The second-order valence-electron chi connectivity index (χ2n) is 9.64. The summed E-state index contributed by atoms with van der Waals surface area (Å²) in [6, 6.07) is 16.3. The summed E-state index contributed by atoms with van der Waals surface area (Å²) in [7, 11) is 0. The number of aromatic nitrogens is 1. The predicted molar refractivity (Wildman–Crippen MR) is 128 cm³/mol. The summed E-state index contributed by atoms with van der Waals surface area (Å²) in [6.45, 7) is 8.30. The van der Waals surface area contributed by atoms with Gasteiger partial charge in [-0.1, -0.05) is 57.2 Å². The van der Waals surface area contributed by atoms with E-state index in [1.165, 1.54) is 16.9 Å². The number of hydrogen-bond donors (Lipinski definition) is 0. The van der Waals surface area contributed by atoms with E-state index in [1.54, 1.807) is 11.3 Å². The van der Waals surface area contributed by atoms with Crippen LogP contribution in [0.3, 0.4) is 0 Å². The van der Waals surface area contributed by atoms with Crippen molar-refractivity contribution in [3.8, 4) is 0 Å². The molecule has 162 valence electrons. The zero-order valence-electron chi connectivity index (χ0n) is 18.8. The second kappa shape index (κ2) is 9.35. The van der Waals surface area contributed by atoms with Gasteiger partial charge in [-0.2, -0.15) is 0 Å². The first-order chi connectivity index (χ1) is 14.9. The molecule has 1 atom stereocenters. The van der Waals surface area contributed by atoms with Gasteiger partial charge in [0, 0.05) is 41.7 Å². The number of pyridine rings is 1. The van der Waals surface area contributed by atoms with Crippen LogP contribution in [0.4, 0.5) is 0 Å². The molecule has 1 aromatic carbocycles. The third-order valence-electron chi connectivity index (χ3n) is 6.48. The van der Waals surface area contributed by atoms with Crippen LogP contribution in [0.1, 0.15) is 59.2 Å². The minimum Gasteiger partial charge on any atom is -0.334 e. The summed E-state index contributed by atoms with van der Waals surface area (Å²) in [5.41, 5.74) is 4.71. The standard InChI is InChI=1S/C27H32N2OS/c1-27(2,3)21-12-13-23-24(19-31-25(23)17-21)26(30)29(18-20-9-5-4-6-10-20)16-14-22-11-7-8-15-28-22/h4-11,15,19,21H,12-14,16-18H2,1-3H3. The van der Waals surface area contributed by atoms with Crippen LogP contribution in [0, 0.1) is 11.3 Å². The topological polar surface area (TPSA) is 33.2 Å². The molecule has 1 unspecified atom stereocenters. The van der Waals surface area contributed by atoms with E-state index in [0.29, 0.717) is 24.4 Å². The van der Waals surface area contributed by atoms with E-state index in [1.807, 2.05) is 47.5 Å². The Morgan fingerprint density at radius 2 is 1.90 bits per heavy atom. The summed E-state index contributed by atoms with van der Waals surface area (Å²) < 4.78 is 0. The fraction of sp³-hybridized carbons (Fsp3) is 0.407. The molecule has 0 radical (unpaired) electrons. The van der Waals surface area contributed by atoms with Crippen molar-refractivity contribution in [1.29, 1.82) is 0 Å². The molecule has 0 aliphatic heterocycles. The highest BCUT2D eigenvalue weighted by molar-refractivity contribution is 7.10. The van der Waals surface area contributed by atoms with Gasteiger partial charge < -0.3 is 4.90 Å². The number of thiophene rings is 1. The smallest absolute Gasteiger partial charge is 0.255 e. The van der Waals surface area contributed by atoms with Crippen molar-refractivity contribution < 1.29 is 4.79 Å². The fourth-order valence-corrected chi connectivity index (χ4v) is 5.61. The molecule has 0 fully saturated rings. The second-order valence-corrected chi connectivity index (χ2v) is 10.6. The van der Waals surface area contributed by atoms with E-state index in [-0.39, 0.29) is 5.91 Å². The molecular weight excluding hydrogens is 400 g/mol. The van der Waals surface area contributed by atoms with Gasteiger partial charge in [0.2, 0.25) is 0 Å². The molecule has 0 saturated heterocycles. The van der Waals surface area contributed by atoms with E-state index in [0.717, 1.165) is 36.1 Å². The van der Waals surface area contributed by atoms with Crippen molar-refractivity contribution in [3.05, 3.63) is 87.4 Å². The van der Waals surface area contributed by atoms with E-state index in [9.17, 15) is 4.79 Å². The summed E-state index contributed by atoms with van der Waals surface area (Å²) in [5.74, 6) is 0.845. The Morgan fingerprint density at radius 3 is 2.61 bits per heavy atom. The maximum Gasteiger partial charge on any atom is 0.255 e. The number of benzene rings is 1. The monoisotopic (exact) mass is 432 g/mol. The van der Waals surface area contributed by atoms with Gasteiger partial charge in [-0.3, -0.25) is 9.78 Å². The Balaban J connectivity index is 1.55. The molecule has 4 heteroatoms. The average Bonchev–Trinajstić information content (AvgIpc) is 3.20. The van der Waals surface area contributed by atoms with Crippen molar-refractivity contribution in [2.24, 2.45) is 11.3 Å². The number of hydrogen-bond acceptors (Lipinski definition) is 3. The number of rotatable bonds is 6. The highest BCUT2D eigenvalue weighted by atomic mass is 32.1. The Hall–Kier alpha value is -2.46. The summed E-state index contributed by atoms with van der Waals surface area (Å²) in [5, 5.41) is 2.11. The lowest BCUT2D eigenvalue weighted by Gasteiger charge is -2.34. The quantitative estimate of drug-likeness (QED) is 0.466. The van der Waals surface area contributed by atoms with Crippen LogP contribution in [0.5, 0.6) is 0 Å². The number of nitrogens with zero attached hydrogens (tertiary/aromatic N) is 2. The van der Waals surface area contributed by atoms with E-state index in [2.05, 4.69) is 43.3 Å². The molecule has 0 saturated carbocycles. The summed E-state index contributed by atoms with van der Waals surface area (Å²) in [4.78, 5) is 21.6. The van der Waals surface area contributed by atoms with Gasteiger partial charge in [-0.05, 0) is 53.9 Å². The average molecular weight is 433 g/mol. The van der Waals surface area contributed by atoms with Crippen LogP contribution < -0.4 is 0 Å². The number of carbonyl (C=O) groups excluding carboxylic acids is 1. The molecule has 2 heterocycles. The molecular formula is C27H32N2OS. The Labute approximate surface area is 190 Å². The van der Waals surface area contributed by atoms with Gasteiger partial charge >= 0.3 is 0 Å². The van der Waals surface area contributed by atoms with Crippen LogP contribution in [-0.2, 0) is 25.8 Å². The van der Waals surface area contributed by atoms with Crippen LogP contribution in [0.15, 0.2) is 60.1 Å². The van der Waals surface area contributed by atoms with E-state index in [4.69, 9.17) is 0 Å². The van der Waals surface area contributed by atoms with Gasteiger partial charge in [-0.15, -0.1) is 11.3 Å². The maximum atomic E-state index is 13.7. The maximum absolute atomic E-state index is 13.7. The first-order valence-electron chi connectivity index (χ1n) is 11.2. The zero-order chi connectivity index (χ0) is 21.8. The van der Waals surface area contributed by atoms with Gasteiger partial charge in [0.15, 0.2) is 0 Å². The molecule has 1 aliphatic carbocycles. The molecule has 1 amide bonds. The van der Waals surface area contributed by atoms with Crippen LogP contribution in [-0.4, -0.2) is 22.3 Å². The van der Waals surface area contributed by atoms with Crippen molar-refractivity contribution in [2.45, 2.75) is 53.0 Å². The molecule has 3 aromatic rings. The van der Waals surface area contributed by atoms with Crippen LogP contribution in [0.2, 0.25) is 0 Å². The highest BCUT2D eigenvalue weighted by Gasteiger charge is 2.32. The molecule has 0 bridgehead atoms. The van der Waals surface area contributed by atoms with E-state index < -0.39 is 0 Å². The van der Waals surface area contributed by atoms with Gasteiger partial charge in [-0.25, -0.2) is 0 Å². The summed E-state index contributed by atoms with van der Waals surface area (Å²) >= 11 is 1.78. The molecule has 0 spiro atoms. The van der Waals surface area contributed by atoms with E-state index >= 15 is 0 Å². The zero-order valence-corrected chi connectivity index (χ0v) is 19.6. The Kier molecular flexibility index (Phi) is 6.57. The third kappa shape index (κ3) is 5.24. The summed E-state index contributed by atoms with van der Waals surface area (Å²) in [6.07, 6.45) is 5.86. The van der Waals surface area contributed by atoms with Crippen molar-refractivity contribution in [3.63, 3.8) is 0 Å². The molecule has 4 rings (SSSR count). The van der Waals surface area contributed by atoms with Gasteiger partial charge in [0.1, 0.15) is 0 Å². The molecule has 3 nitrogen and oxygen atoms in total. The number of carbonyl (C=O) groups is 1. The molecule has 2 aromatic heterocycles. The first kappa shape index (κ1) is 21.8. The number of fused-ring (bicyclic) bond motifs is 1. The van der Waals surface area contributed by atoms with Crippen molar-refractivity contribution >= 4 is 17.2 Å². The first-order valence-corrected chi connectivity index (χ1v) is 12.1. The minimum absolute atomic E-state index is 0.159. The lowest BCUT2D eigenvalue weighted by molar-refractivity contribution is 0.0743. The highest BCUT2D eigenvalue weighted by Crippen LogP contribution is 2.40. The van der Waals surface area contributed by atoms with Crippen LogP contribution >= 0.6 is 11.3 Å². The van der Waals surface area contributed by atoms with Crippen molar-refractivity contribution in [2.75, 3.05) is 6.54 Å². The number of amides is 1. The van der Waals surface area contributed by atoms with Crippen molar-refractivity contribution in [1.82, 2.24) is 9.88 Å². The Morgan fingerprint density at radius 1 is 1.13 bits per heavy atom. The molecule has 0 N–H and O–H groups in total. The molecule has 1 aliphatic rings. The van der Waals surface area contributed by atoms with Gasteiger partial charge in [0.05, 0.1) is 5.56 Å². The third-order valence-corrected chi connectivity index (χ3v) is 7.53. The largest absolute Gasteiger partial charge is 0.334 e. The Bertz CT molecular complexity index is 1000. The lowest BCUT2D eigenvalue weighted by Crippen LogP contribution is -2.33. The normalized spacial score (nSPS) is 16.0.